The number of hydrogen-bond acceptors (Lipinski definition) is 5. The fourth-order valence-corrected chi connectivity index (χ4v) is 3.00. The number of anilines is 1. The molecule has 1 aliphatic rings. The average molecular weight is 319 g/mol. The monoisotopic (exact) mass is 319 g/mol. The van der Waals surface area contributed by atoms with E-state index in [9.17, 15) is 9.59 Å². The summed E-state index contributed by atoms with van der Waals surface area (Å²) in [4.78, 5) is 24.5. The number of nitrogens with one attached hydrogen (secondary N) is 3. The smallest absolute Gasteiger partial charge is 0.266 e. The van der Waals surface area contributed by atoms with Gasteiger partial charge >= 0.3 is 0 Å². The Bertz CT molecular complexity index is 694. The molecule has 0 bridgehead atoms. The molecule has 22 heavy (non-hydrogen) atoms. The molecule has 0 aromatic carbocycles. The third-order valence-electron chi connectivity index (χ3n) is 3.32. The summed E-state index contributed by atoms with van der Waals surface area (Å²) in [5, 5.41) is 15.1. The van der Waals surface area contributed by atoms with Crippen LogP contribution in [0, 0.1) is 6.92 Å². The molecule has 2 atom stereocenters. The van der Waals surface area contributed by atoms with Crippen molar-refractivity contribution in [3.8, 4) is 0 Å². The molecule has 0 radical (unpaired) electrons. The highest BCUT2D eigenvalue weighted by molar-refractivity contribution is 7.12. The van der Waals surface area contributed by atoms with E-state index in [4.69, 9.17) is 0 Å². The molecule has 8 heteroatoms. The summed E-state index contributed by atoms with van der Waals surface area (Å²) in [6.45, 7) is 3.78. The molecule has 116 valence electrons. The predicted octanol–water partition coefficient (Wildman–Crippen LogP) is 1.46. The van der Waals surface area contributed by atoms with Crippen LogP contribution in [0.3, 0.4) is 0 Å². The molecule has 7 nitrogen and oxygen atoms in total. The Morgan fingerprint density at radius 3 is 3.05 bits per heavy atom. The highest BCUT2D eigenvalue weighted by Gasteiger charge is 2.26. The maximum Gasteiger partial charge on any atom is 0.266 e. The topological polar surface area (TPSA) is 88.0 Å². The number of rotatable bonds is 3. The fraction of sp³-hybridized carbons (Fsp3) is 0.357. The Kier molecular flexibility index (Phi) is 3.95. The summed E-state index contributed by atoms with van der Waals surface area (Å²) in [6, 6.07) is 5.41. The van der Waals surface area contributed by atoms with Crippen molar-refractivity contribution in [2.24, 2.45) is 0 Å². The minimum Gasteiger partial charge on any atom is -0.322 e. The van der Waals surface area contributed by atoms with E-state index < -0.39 is 6.29 Å². The van der Waals surface area contributed by atoms with E-state index in [1.807, 2.05) is 25.3 Å². The molecule has 2 unspecified atom stereocenters. The molecule has 0 aliphatic carbocycles. The van der Waals surface area contributed by atoms with Crippen molar-refractivity contribution in [2.45, 2.75) is 32.6 Å². The number of nitrogens with zero attached hydrogens (tertiary/aromatic N) is 2. The van der Waals surface area contributed by atoms with Crippen molar-refractivity contribution in [1.82, 2.24) is 20.4 Å². The number of carbonyl (C=O) groups excluding carboxylic acids is 2. The van der Waals surface area contributed by atoms with Crippen molar-refractivity contribution in [1.29, 1.82) is 0 Å². The largest absolute Gasteiger partial charge is 0.322 e. The van der Waals surface area contributed by atoms with E-state index in [1.165, 1.54) is 11.3 Å². The summed E-state index contributed by atoms with van der Waals surface area (Å²) in [7, 11) is 0. The van der Waals surface area contributed by atoms with Crippen LogP contribution < -0.4 is 16.0 Å². The number of aryl methyl sites for hydroxylation is 1. The SMILES string of the molecule is Cc1cc(NC(=O)c2cccs2)n(C2NC(=O)CC(C)N2)n1. The maximum absolute atomic E-state index is 12.2. The predicted molar refractivity (Wildman–Crippen MR) is 83.6 cm³/mol. The standard InChI is InChI=1S/C14H17N5O2S/c1-8-7-12(20)17-14(15-8)19-11(6-9(2)18-19)16-13(21)10-4-3-5-22-10/h3-6,8,14-15H,7H2,1-2H3,(H,16,21)(H,17,20). The summed E-state index contributed by atoms with van der Waals surface area (Å²) < 4.78 is 1.59. The number of aromatic nitrogens is 2. The zero-order chi connectivity index (χ0) is 15.7. The summed E-state index contributed by atoms with van der Waals surface area (Å²) in [5.74, 6) is 0.314. The highest BCUT2D eigenvalue weighted by Crippen LogP contribution is 2.19. The van der Waals surface area contributed by atoms with Gasteiger partial charge < -0.3 is 10.6 Å². The lowest BCUT2D eigenvalue weighted by Crippen LogP contribution is -2.52. The Hall–Kier alpha value is -2.19. The molecule has 0 saturated carbocycles. The van der Waals surface area contributed by atoms with Crippen LogP contribution in [0.4, 0.5) is 5.82 Å². The van der Waals surface area contributed by atoms with Gasteiger partial charge in [-0.15, -0.1) is 11.3 Å². The summed E-state index contributed by atoms with van der Waals surface area (Å²) >= 11 is 1.37. The molecule has 3 N–H and O–H groups in total. The van der Waals surface area contributed by atoms with Crippen LogP contribution in [0.5, 0.6) is 0 Å². The fourth-order valence-electron chi connectivity index (χ4n) is 2.38. The van der Waals surface area contributed by atoms with Crippen LogP contribution in [-0.2, 0) is 4.79 Å². The van der Waals surface area contributed by atoms with E-state index in [0.717, 1.165) is 5.69 Å². The molecule has 1 aliphatic heterocycles. The van der Waals surface area contributed by atoms with Crippen molar-refractivity contribution in [3.05, 3.63) is 34.2 Å². The molecule has 3 rings (SSSR count). The Morgan fingerprint density at radius 1 is 1.55 bits per heavy atom. The van der Waals surface area contributed by atoms with Crippen molar-refractivity contribution < 1.29 is 9.59 Å². The van der Waals surface area contributed by atoms with Gasteiger partial charge in [0, 0.05) is 18.5 Å². The Labute approximate surface area is 131 Å². The third kappa shape index (κ3) is 3.02. The summed E-state index contributed by atoms with van der Waals surface area (Å²) in [5.41, 5.74) is 0.760. The van der Waals surface area contributed by atoms with Gasteiger partial charge in [-0.25, -0.2) is 4.68 Å². The third-order valence-corrected chi connectivity index (χ3v) is 4.19. The van der Waals surface area contributed by atoms with Crippen LogP contribution in [-0.4, -0.2) is 27.6 Å². The van der Waals surface area contributed by atoms with Gasteiger partial charge in [0.1, 0.15) is 5.82 Å². The van der Waals surface area contributed by atoms with Gasteiger partial charge in [-0.2, -0.15) is 5.10 Å². The van der Waals surface area contributed by atoms with Gasteiger partial charge in [0.25, 0.3) is 5.91 Å². The molecule has 2 aromatic heterocycles. The normalized spacial score (nSPS) is 21.5. The van der Waals surface area contributed by atoms with Crippen LogP contribution >= 0.6 is 11.3 Å². The van der Waals surface area contributed by atoms with Gasteiger partial charge in [0.2, 0.25) is 5.91 Å². The molecule has 1 saturated heterocycles. The molecule has 2 aromatic rings. The lowest BCUT2D eigenvalue weighted by atomic mass is 10.2. The number of thiophene rings is 1. The van der Waals surface area contributed by atoms with E-state index in [2.05, 4.69) is 21.0 Å². The maximum atomic E-state index is 12.2. The second-order valence-corrected chi connectivity index (χ2v) is 6.24. The first-order valence-electron chi connectivity index (χ1n) is 6.99. The van der Waals surface area contributed by atoms with E-state index in [-0.39, 0.29) is 17.9 Å². The first-order valence-corrected chi connectivity index (χ1v) is 7.87. The minimum atomic E-state index is -0.469. The van der Waals surface area contributed by atoms with Crippen LogP contribution in [0.2, 0.25) is 0 Å². The second kappa shape index (κ2) is 5.90. The molecule has 2 amide bonds. The first-order chi connectivity index (χ1) is 10.5. The van der Waals surface area contributed by atoms with Gasteiger partial charge in [-0.1, -0.05) is 6.07 Å². The zero-order valence-electron chi connectivity index (χ0n) is 12.3. The first kappa shape index (κ1) is 14.7. The van der Waals surface area contributed by atoms with Gasteiger partial charge in [-0.05, 0) is 25.3 Å². The molecule has 1 fully saturated rings. The van der Waals surface area contributed by atoms with Crippen LogP contribution in [0.15, 0.2) is 23.6 Å². The molecule has 0 spiro atoms. The highest BCUT2D eigenvalue weighted by atomic mass is 32.1. The van der Waals surface area contributed by atoms with Crippen LogP contribution in [0.25, 0.3) is 0 Å². The molecular weight excluding hydrogens is 302 g/mol. The Morgan fingerprint density at radius 2 is 2.36 bits per heavy atom. The van der Waals surface area contributed by atoms with E-state index in [1.54, 1.807) is 16.8 Å². The van der Waals surface area contributed by atoms with Gasteiger partial charge in [-0.3, -0.25) is 14.9 Å². The molecule has 3 heterocycles. The zero-order valence-corrected chi connectivity index (χ0v) is 13.1. The van der Waals surface area contributed by atoms with E-state index >= 15 is 0 Å². The minimum absolute atomic E-state index is 0.0417. The second-order valence-electron chi connectivity index (χ2n) is 5.29. The van der Waals surface area contributed by atoms with Gasteiger partial charge in [0.05, 0.1) is 10.6 Å². The lowest BCUT2D eigenvalue weighted by molar-refractivity contribution is -0.125. The lowest BCUT2D eigenvalue weighted by Gasteiger charge is -2.30. The van der Waals surface area contributed by atoms with Crippen molar-refractivity contribution >= 4 is 29.0 Å². The van der Waals surface area contributed by atoms with Gasteiger partial charge in [0.15, 0.2) is 6.29 Å². The van der Waals surface area contributed by atoms with Crippen molar-refractivity contribution in [2.75, 3.05) is 5.32 Å². The number of amides is 2. The average Bonchev–Trinajstić information content (AvgIpc) is 3.07. The number of carbonyl (C=O) groups is 2. The summed E-state index contributed by atoms with van der Waals surface area (Å²) in [6.07, 6.45) is -0.0447. The van der Waals surface area contributed by atoms with Crippen LogP contribution in [0.1, 0.15) is 35.0 Å². The quantitative estimate of drug-likeness (QED) is 0.799. The van der Waals surface area contributed by atoms with Crippen molar-refractivity contribution in [3.63, 3.8) is 0 Å². The molecular formula is C14H17N5O2S. The number of hydrogen-bond donors (Lipinski definition) is 3. The van der Waals surface area contributed by atoms with E-state index in [0.29, 0.717) is 17.1 Å². The Balaban J connectivity index is 1.83.